The topological polar surface area (TPSA) is 87.2 Å². The van der Waals surface area contributed by atoms with Gasteiger partial charge in [0.1, 0.15) is 5.75 Å². The molecule has 7 heteroatoms. The summed E-state index contributed by atoms with van der Waals surface area (Å²) in [6, 6.07) is 14.3. The Balaban J connectivity index is 2.03. The van der Waals surface area contributed by atoms with Crippen molar-refractivity contribution in [2.75, 3.05) is 7.11 Å². The highest BCUT2D eigenvalue weighted by Gasteiger charge is 2.15. The summed E-state index contributed by atoms with van der Waals surface area (Å²) in [4.78, 5) is 0.120. The zero-order valence-electron chi connectivity index (χ0n) is 13.1. The van der Waals surface area contributed by atoms with Crippen molar-refractivity contribution >= 4 is 10.0 Å². The number of methoxy groups -OCH3 is 1. The van der Waals surface area contributed by atoms with Gasteiger partial charge in [-0.15, -0.1) is 0 Å². The molecule has 0 radical (unpaired) electrons. The van der Waals surface area contributed by atoms with Crippen LogP contribution in [-0.2, 0) is 16.4 Å². The van der Waals surface area contributed by atoms with Crippen LogP contribution in [0.1, 0.15) is 11.1 Å². The van der Waals surface area contributed by atoms with Crippen molar-refractivity contribution in [1.29, 1.82) is 0 Å². The number of hydrogen-bond acceptors (Lipinski definition) is 4. The second-order valence-electron chi connectivity index (χ2n) is 5.31. The van der Waals surface area contributed by atoms with E-state index in [0.717, 1.165) is 17.0 Å². The van der Waals surface area contributed by atoms with E-state index in [2.05, 4.69) is 5.10 Å². The molecule has 0 aliphatic heterocycles. The van der Waals surface area contributed by atoms with Crippen LogP contribution in [-0.4, -0.2) is 25.3 Å². The number of rotatable bonds is 5. The molecule has 0 aliphatic rings. The lowest BCUT2D eigenvalue weighted by Crippen LogP contribution is -2.15. The van der Waals surface area contributed by atoms with Crippen LogP contribution in [0.4, 0.5) is 0 Å². The maximum atomic E-state index is 11.9. The summed E-state index contributed by atoms with van der Waals surface area (Å²) in [6.45, 7) is 0. The van der Waals surface area contributed by atoms with Gasteiger partial charge in [-0.1, -0.05) is 12.1 Å². The minimum Gasteiger partial charge on any atom is -0.497 e. The van der Waals surface area contributed by atoms with E-state index in [9.17, 15) is 8.42 Å². The fourth-order valence-corrected chi connectivity index (χ4v) is 3.26. The third-order valence-electron chi connectivity index (χ3n) is 3.67. The first kappa shape index (κ1) is 16.2. The highest BCUT2D eigenvalue weighted by atomic mass is 32.2. The van der Waals surface area contributed by atoms with Crippen LogP contribution in [0.2, 0.25) is 0 Å². The van der Waals surface area contributed by atoms with Gasteiger partial charge in [-0.2, -0.15) is 5.10 Å². The van der Waals surface area contributed by atoms with E-state index in [1.807, 2.05) is 24.3 Å². The standard InChI is InChI=1S/C17H17N3O3S/c1-23-16-6-3-13(4-7-16)11-14-12-15(20-10-2-9-19-20)5-8-17(14)24(18,21)22/h2-10,12H,11H2,1H3,(H2,18,21,22). The summed E-state index contributed by atoms with van der Waals surface area (Å²) in [7, 11) is -2.21. The lowest BCUT2D eigenvalue weighted by Gasteiger charge is -2.11. The van der Waals surface area contributed by atoms with Crippen molar-refractivity contribution in [3.63, 3.8) is 0 Å². The molecule has 0 aliphatic carbocycles. The van der Waals surface area contributed by atoms with Crippen molar-refractivity contribution < 1.29 is 13.2 Å². The number of primary sulfonamides is 1. The van der Waals surface area contributed by atoms with Crippen LogP contribution in [0.3, 0.4) is 0 Å². The molecule has 0 bridgehead atoms. The Morgan fingerprint density at radius 3 is 2.50 bits per heavy atom. The van der Waals surface area contributed by atoms with E-state index in [0.29, 0.717) is 12.0 Å². The largest absolute Gasteiger partial charge is 0.497 e. The second-order valence-corrected chi connectivity index (χ2v) is 6.84. The second kappa shape index (κ2) is 6.46. The van der Waals surface area contributed by atoms with Gasteiger partial charge in [0.25, 0.3) is 0 Å². The minimum atomic E-state index is -3.81. The molecule has 0 amide bonds. The van der Waals surface area contributed by atoms with Gasteiger partial charge in [-0.3, -0.25) is 0 Å². The molecule has 24 heavy (non-hydrogen) atoms. The Morgan fingerprint density at radius 1 is 1.17 bits per heavy atom. The highest BCUT2D eigenvalue weighted by Crippen LogP contribution is 2.23. The Kier molecular flexibility index (Phi) is 4.37. The Morgan fingerprint density at radius 2 is 1.92 bits per heavy atom. The van der Waals surface area contributed by atoms with E-state index in [4.69, 9.17) is 9.88 Å². The number of hydrogen-bond donors (Lipinski definition) is 1. The molecule has 2 N–H and O–H groups in total. The maximum Gasteiger partial charge on any atom is 0.238 e. The minimum absolute atomic E-state index is 0.120. The smallest absolute Gasteiger partial charge is 0.238 e. The van der Waals surface area contributed by atoms with E-state index < -0.39 is 10.0 Å². The van der Waals surface area contributed by atoms with Gasteiger partial charge in [0, 0.05) is 12.4 Å². The van der Waals surface area contributed by atoms with Crippen LogP contribution >= 0.6 is 0 Å². The van der Waals surface area contributed by atoms with E-state index in [1.54, 1.807) is 42.4 Å². The molecular formula is C17H17N3O3S. The predicted octanol–water partition coefficient (Wildman–Crippen LogP) is 2.12. The Hall–Kier alpha value is -2.64. The summed E-state index contributed by atoms with van der Waals surface area (Å²) >= 11 is 0. The monoisotopic (exact) mass is 343 g/mol. The van der Waals surface area contributed by atoms with Gasteiger partial charge in [-0.05, 0) is 53.9 Å². The van der Waals surface area contributed by atoms with Gasteiger partial charge in [0.05, 0.1) is 17.7 Å². The third-order valence-corrected chi connectivity index (χ3v) is 4.68. The fraction of sp³-hybridized carbons (Fsp3) is 0.118. The summed E-state index contributed by atoms with van der Waals surface area (Å²) in [6.07, 6.45) is 3.89. The van der Waals surface area contributed by atoms with Crippen molar-refractivity contribution in [3.05, 3.63) is 72.1 Å². The molecule has 0 unspecified atom stereocenters. The van der Waals surface area contributed by atoms with Gasteiger partial charge in [-0.25, -0.2) is 18.2 Å². The molecule has 1 heterocycles. The fourth-order valence-electron chi connectivity index (χ4n) is 2.51. The molecule has 0 spiro atoms. The van der Waals surface area contributed by atoms with Gasteiger partial charge in [0.2, 0.25) is 10.0 Å². The molecule has 3 aromatic rings. The number of sulfonamides is 1. The summed E-state index contributed by atoms with van der Waals surface area (Å²) in [5.74, 6) is 0.746. The van der Waals surface area contributed by atoms with Crippen molar-refractivity contribution in [1.82, 2.24) is 9.78 Å². The average molecular weight is 343 g/mol. The van der Waals surface area contributed by atoms with Crippen molar-refractivity contribution in [2.24, 2.45) is 5.14 Å². The Labute approximate surface area is 140 Å². The lowest BCUT2D eigenvalue weighted by molar-refractivity contribution is 0.414. The van der Waals surface area contributed by atoms with Crippen molar-refractivity contribution in [2.45, 2.75) is 11.3 Å². The van der Waals surface area contributed by atoms with E-state index in [1.165, 1.54) is 6.07 Å². The normalized spacial score (nSPS) is 11.4. The molecule has 6 nitrogen and oxygen atoms in total. The quantitative estimate of drug-likeness (QED) is 0.769. The molecule has 2 aromatic carbocycles. The summed E-state index contributed by atoms with van der Waals surface area (Å²) in [5.41, 5.74) is 2.35. The molecular weight excluding hydrogens is 326 g/mol. The summed E-state index contributed by atoms with van der Waals surface area (Å²) in [5, 5.41) is 9.52. The highest BCUT2D eigenvalue weighted by molar-refractivity contribution is 7.89. The summed E-state index contributed by atoms with van der Waals surface area (Å²) < 4.78 is 30.6. The number of nitrogens with two attached hydrogens (primary N) is 1. The molecule has 0 saturated heterocycles. The lowest BCUT2D eigenvalue weighted by atomic mass is 10.0. The average Bonchev–Trinajstić information content (AvgIpc) is 3.09. The zero-order chi connectivity index (χ0) is 17.2. The molecule has 0 fully saturated rings. The van der Waals surface area contributed by atoms with Crippen LogP contribution in [0.5, 0.6) is 5.75 Å². The predicted molar refractivity (Wildman–Crippen MR) is 90.7 cm³/mol. The molecule has 1 aromatic heterocycles. The SMILES string of the molecule is COc1ccc(Cc2cc(-n3cccn3)ccc2S(N)(=O)=O)cc1. The maximum absolute atomic E-state index is 11.9. The van der Waals surface area contributed by atoms with Crippen molar-refractivity contribution in [3.8, 4) is 11.4 Å². The molecule has 3 rings (SSSR count). The van der Waals surface area contributed by atoms with Gasteiger partial charge in [0.15, 0.2) is 0 Å². The van der Waals surface area contributed by atoms with Gasteiger partial charge >= 0.3 is 0 Å². The number of aromatic nitrogens is 2. The third kappa shape index (κ3) is 3.47. The van der Waals surface area contributed by atoms with Crippen LogP contribution in [0, 0.1) is 0 Å². The molecule has 0 saturated carbocycles. The first-order valence-electron chi connectivity index (χ1n) is 7.26. The van der Waals surface area contributed by atoms with Gasteiger partial charge < -0.3 is 4.74 Å². The van der Waals surface area contributed by atoms with Crippen LogP contribution in [0.25, 0.3) is 5.69 Å². The number of benzene rings is 2. The molecule has 0 atom stereocenters. The Bertz CT molecular complexity index is 934. The molecule has 124 valence electrons. The zero-order valence-corrected chi connectivity index (χ0v) is 13.9. The number of nitrogens with zero attached hydrogens (tertiary/aromatic N) is 2. The van der Waals surface area contributed by atoms with Crippen LogP contribution < -0.4 is 9.88 Å². The number of ether oxygens (including phenoxy) is 1. The van der Waals surface area contributed by atoms with Crippen LogP contribution in [0.15, 0.2) is 65.8 Å². The first-order valence-corrected chi connectivity index (χ1v) is 8.81. The first-order chi connectivity index (χ1) is 11.5. The van der Waals surface area contributed by atoms with E-state index >= 15 is 0 Å². The van der Waals surface area contributed by atoms with E-state index in [-0.39, 0.29) is 4.90 Å².